The van der Waals surface area contributed by atoms with E-state index in [1.165, 1.54) is 25.8 Å². The third-order valence-electron chi connectivity index (χ3n) is 1.76. The van der Waals surface area contributed by atoms with E-state index in [-0.39, 0.29) is 0 Å². The summed E-state index contributed by atoms with van der Waals surface area (Å²) in [7, 11) is 0. The molecular weight excluding hydrogens is 118 g/mol. The molecule has 1 atom stereocenters. The molecule has 0 saturated carbocycles. The van der Waals surface area contributed by atoms with Crippen LogP contribution in [0.3, 0.4) is 0 Å². The number of nitrogens with one attached hydrogen (secondary N) is 1. The Kier molecular flexibility index (Phi) is 1.23. The first-order valence-corrected chi connectivity index (χ1v) is 4.08. The molecule has 0 spiro atoms. The molecule has 1 unspecified atom stereocenters. The molecule has 0 amide bonds. The molecule has 8 heavy (non-hydrogen) atoms. The minimum absolute atomic E-state index is 0.791. The minimum atomic E-state index is 0.791. The summed E-state index contributed by atoms with van der Waals surface area (Å²) < 4.78 is 0. The Morgan fingerprint density at radius 3 is 3.38 bits per heavy atom. The zero-order valence-electron chi connectivity index (χ0n) is 4.81. The van der Waals surface area contributed by atoms with Gasteiger partial charge in [0.05, 0.1) is 5.37 Å². The molecule has 2 saturated heterocycles. The minimum Gasteiger partial charge on any atom is -0.304 e. The number of rotatable bonds is 0. The predicted molar refractivity (Wildman–Crippen MR) is 36.5 cm³/mol. The van der Waals surface area contributed by atoms with Crippen LogP contribution in [-0.2, 0) is 0 Å². The normalized spacial score (nSPS) is 38.2. The lowest BCUT2D eigenvalue weighted by Gasteiger charge is -2.14. The van der Waals surface area contributed by atoms with Gasteiger partial charge in [0.2, 0.25) is 0 Å². The van der Waals surface area contributed by atoms with Gasteiger partial charge in [-0.2, -0.15) is 0 Å². The van der Waals surface area contributed by atoms with Crippen molar-refractivity contribution in [2.75, 3.05) is 6.54 Å². The van der Waals surface area contributed by atoms with Crippen LogP contribution in [0.4, 0.5) is 0 Å². The van der Waals surface area contributed by atoms with Gasteiger partial charge in [0.25, 0.3) is 0 Å². The highest BCUT2D eigenvalue weighted by molar-refractivity contribution is 8.03. The van der Waals surface area contributed by atoms with Gasteiger partial charge in [0, 0.05) is 11.8 Å². The maximum atomic E-state index is 3.44. The zero-order valence-corrected chi connectivity index (χ0v) is 5.63. The van der Waals surface area contributed by atoms with Gasteiger partial charge >= 0.3 is 0 Å². The van der Waals surface area contributed by atoms with Crippen LogP contribution in [0, 0.1) is 5.25 Å². The molecule has 45 valence electrons. The molecule has 2 aliphatic heterocycles. The molecule has 1 nitrogen and oxygen atoms in total. The van der Waals surface area contributed by atoms with E-state index < -0.39 is 0 Å². The van der Waals surface area contributed by atoms with Crippen LogP contribution in [-0.4, -0.2) is 11.9 Å². The van der Waals surface area contributed by atoms with E-state index in [0.29, 0.717) is 0 Å². The summed E-state index contributed by atoms with van der Waals surface area (Å²) >= 11 is 2.06. The number of hydrogen-bond donors (Lipinski definition) is 1. The van der Waals surface area contributed by atoms with Gasteiger partial charge in [-0.3, -0.25) is 0 Å². The Morgan fingerprint density at radius 1 is 1.62 bits per heavy atom. The monoisotopic (exact) mass is 128 g/mol. The van der Waals surface area contributed by atoms with Crippen molar-refractivity contribution in [3.05, 3.63) is 5.25 Å². The third kappa shape index (κ3) is 0.759. The van der Waals surface area contributed by atoms with E-state index in [1.807, 2.05) is 0 Å². The zero-order chi connectivity index (χ0) is 5.40. The Balaban J connectivity index is 2.03. The smallest absolute Gasteiger partial charge is 0.0539 e. The van der Waals surface area contributed by atoms with Gasteiger partial charge in [-0.05, 0) is 19.3 Å². The number of fused-ring (bicyclic) bond motifs is 2. The van der Waals surface area contributed by atoms with Crippen molar-refractivity contribution in [2.45, 2.75) is 24.6 Å². The quantitative estimate of drug-likeness (QED) is 0.528. The highest BCUT2D eigenvalue weighted by Gasteiger charge is 2.28. The molecule has 2 heterocycles. The van der Waals surface area contributed by atoms with Gasteiger partial charge in [0.15, 0.2) is 0 Å². The predicted octanol–water partition coefficient (Wildman–Crippen LogP) is 1.36. The Labute approximate surface area is 54.2 Å². The summed E-state index contributed by atoms with van der Waals surface area (Å²) in [5, 5.41) is 5.92. The number of hydrogen-bond acceptors (Lipinski definition) is 2. The highest BCUT2D eigenvalue weighted by atomic mass is 32.2. The average Bonchev–Trinajstić information content (AvgIpc) is 2.12. The first kappa shape index (κ1) is 5.12. The summed E-state index contributed by atoms with van der Waals surface area (Å²) in [4.78, 5) is 0. The first-order valence-electron chi connectivity index (χ1n) is 3.20. The van der Waals surface area contributed by atoms with Crippen molar-refractivity contribution in [3.8, 4) is 0 Å². The Morgan fingerprint density at radius 2 is 2.62 bits per heavy atom. The summed E-state index contributed by atoms with van der Waals surface area (Å²) in [5.74, 6) is 0. The molecule has 2 bridgehead atoms. The number of thioether (sulfide) groups is 1. The summed E-state index contributed by atoms with van der Waals surface area (Å²) in [6.07, 6.45) is 4.17. The van der Waals surface area contributed by atoms with Crippen molar-refractivity contribution >= 4 is 11.8 Å². The standard InChI is InChI=1S/C6H10NS/c1-2-5-4-7-6(3-1)8-5/h6-7H,1-4H2. The van der Waals surface area contributed by atoms with Gasteiger partial charge < -0.3 is 5.32 Å². The molecule has 1 N–H and O–H groups in total. The fourth-order valence-electron chi connectivity index (χ4n) is 1.31. The SMILES string of the molecule is C1C[C]2CNC(C1)S2. The molecule has 0 aromatic rings. The van der Waals surface area contributed by atoms with Gasteiger partial charge in [0.1, 0.15) is 0 Å². The van der Waals surface area contributed by atoms with Crippen molar-refractivity contribution in [1.82, 2.24) is 5.32 Å². The second-order valence-electron chi connectivity index (χ2n) is 2.42. The average molecular weight is 128 g/mol. The van der Waals surface area contributed by atoms with E-state index in [9.17, 15) is 0 Å². The maximum Gasteiger partial charge on any atom is 0.0539 e. The second-order valence-corrected chi connectivity index (χ2v) is 3.80. The molecule has 2 rings (SSSR count). The molecule has 0 aromatic carbocycles. The van der Waals surface area contributed by atoms with E-state index in [2.05, 4.69) is 17.1 Å². The fraction of sp³-hybridized carbons (Fsp3) is 0.833. The van der Waals surface area contributed by atoms with E-state index in [1.54, 1.807) is 5.25 Å². The molecule has 0 aliphatic carbocycles. The van der Waals surface area contributed by atoms with Crippen LogP contribution in [0.2, 0.25) is 0 Å². The first-order chi connectivity index (χ1) is 3.95. The molecule has 1 radical (unpaired) electrons. The van der Waals surface area contributed by atoms with E-state index >= 15 is 0 Å². The van der Waals surface area contributed by atoms with Crippen LogP contribution < -0.4 is 5.32 Å². The third-order valence-corrected chi connectivity index (χ3v) is 3.13. The molecule has 2 aliphatic rings. The van der Waals surface area contributed by atoms with Gasteiger partial charge in [-0.1, -0.05) is 0 Å². The van der Waals surface area contributed by atoms with Crippen LogP contribution in [0.1, 0.15) is 19.3 Å². The van der Waals surface area contributed by atoms with Crippen LogP contribution >= 0.6 is 11.8 Å². The second kappa shape index (κ2) is 1.92. The lowest BCUT2D eigenvalue weighted by molar-refractivity contribution is 0.667. The lowest BCUT2D eigenvalue weighted by atomic mass is 10.2. The maximum absolute atomic E-state index is 3.44. The van der Waals surface area contributed by atoms with Crippen molar-refractivity contribution in [2.24, 2.45) is 0 Å². The van der Waals surface area contributed by atoms with Crippen molar-refractivity contribution < 1.29 is 0 Å². The van der Waals surface area contributed by atoms with E-state index in [4.69, 9.17) is 0 Å². The van der Waals surface area contributed by atoms with Crippen LogP contribution in [0.25, 0.3) is 0 Å². The van der Waals surface area contributed by atoms with Crippen LogP contribution in [0.5, 0.6) is 0 Å². The van der Waals surface area contributed by atoms with Crippen molar-refractivity contribution in [3.63, 3.8) is 0 Å². The van der Waals surface area contributed by atoms with E-state index in [0.717, 1.165) is 5.37 Å². The summed E-state index contributed by atoms with van der Waals surface area (Å²) in [5.41, 5.74) is 0. The van der Waals surface area contributed by atoms with Gasteiger partial charge in [-0.15, -0.1) is 11.8 Å². The fourth-order valence-corrected chi connectivity index (χ4v) is 2.59. The molecular formula is C6H10NS. The topological polar surface area (TPSA) is 12.0 Å². The highest BCUT2D eigenvalue weighted by Crippen LogP contribution is 2.39. The molecule has 0 aromatic heterocycles. The Hall–Kier alpha value is 0.310. The van der Waals surface area contributed by atoms with Crippen molar-refractivity contribution in [1.29, 1.82) is 0 Å². The molecule has 2 fully saturated rings. The Bertz CT molecular complexity index is 80.5. The largest absolute Gasteiger partial charge is 0.304 e. The summed E-state index contributed by atoms with van der Waals surface area (Å²) in [6, 6.07) is 0. The summed E-state index contributed by atoms with van der Waals surface area (Å²) in [6.45, 7) is 1.19. The lowest BCUT2D eigenvalue weighted by Crippen LogP contribution is -2.17. The molecule has 2 heteroatoms. The van der Waals surface area contributed by atoms with Crippen LogP contribution in [0.15, 0.2) is 0 Å². The van der Waals surface area contributed by atoms with Gasteiger partial charge in [-0.25, -0.2) is 0 Å².